The van der Waals surface area contributed by atoms with Crippen LogP contribution in [0.5, 0.6) is 0 Å². The molecule has 20 heavy (non-hydrogen) atoms. The average molecular weight is 279 g/mol. The Balaban J connectivity index is 1.42. The van der Waals surface area contributed by atoms with Gasteiger partial charge < -0.3 is 15.1 Å². The summed E-state index contributed by atoms with van der Waals surface area (Å²) < 4.78 is 0. The number of piperidine rings is 2. The van der Waals surface area contributed by atoms with E-state index in [2.05, 4.69) is 22.2 Å². The third kappa shape index (κ3) is 3.75. The lowest BCUT2D eigenvalue weighted by molar-refractivity contribution is 0.119. The molecular formula is C17H33N3. The highest BCUT2D eigenvalue weighted by Crippen LogP contribution is 2.25. The maximum absolute atomic E-state index is 3.72. The van der Waals surface area contributed by atoms with E-state index in [1.54, 1.807) is 0 Å². The largest absolute Gasteiger partial charge is 0.314 e. The molecule has 0 aromatic heterocycles. The van der Waals surface area contributed by atoms with Gasteiger partial charge in [0, 0.05) is 18.6 Å². The van der Waals surface area contributed by atoms with Crippen molar-refractivity contribution in [3.8, 4) is 0 Å². The van der Waals surface area contributed by atoms with Crippen molar-refractivity contribution in [2.24, 2.45) is 5.92 Å². The number of hydrogen-bond donors (Lipinski definition) is 1. The molecule has 0 amide bonds. The zero-order valence-electron chi connectivity index (χ0n) is 13.3. The molecular weight excluding hydrogens is 246 g/mol. The molecule has 0 aromatic carbocycles. The molecule has 1 N–H and O–H groups in total. The zero-order valence-corrected chi connectivity index (χ0v) is 13.3. The van der Waals surface area contributed by atoms with E-state index >= 15 is 0 Å². The molecule has 0 aromatic rings. The fourth-order valence-corrected chi connectivity index (χ4v) is 4.58. The van der Waals surface area contributed by atoms with Crippen molar-refractivity contribution in [1.29, 1.82) is 0 Å². The third-order valence-corrected chi connectivity index (χ3v) is 5.91. The van der Waals surface area contributed by atoms with Crippen LogP contribution in [0.3, 0.4) is 0 Å². The molecule has 0 saturated carbocycles. The highest BCUT2D eigenvalue weighted by molar-refractivity contribution is 4.87. The maximum Gasteiger partial charge on any atom is 0.0108 e. The first kappa shape index (κ1) is 14.8. The Labute approximate surface area is 125 Å². The summed E-state index contributed by atoms with van der Waals surface area (Å²) in [5.74, 6) is 0.926. The second-order valence-corrected chi connectivity index (χ2v) is 7.32. The van der Waals surface area contributed by atoms with Crippen LogP contribution in [0.2, 0.25) is 0 Å². The van der Waals surface area contributed by atoms with E-state index in [0.29, 0.717) is 0 Å². The summed E-state index contributed by atoms with van der Waals surface area (Å²) >= 11 is 0. The maximum atomic E-state index is 3.72. The molecule has 0 aliphatic carbocycles. The van der Waals surface area contributed by atoms with Crippen LogP contribution in [0.4, 0.5) is 0 Å². The first-order valence-electron chi connectivity index (χ1n) is 8.99. The minimum Gasteiger partial charge on any atom is -0.314 e. The predicted octanol–water partition coefficient (Wildman–Crippen LogP) is 2.32. The van der Waals surface area contributed by atoms with Gasteiger partial charge in [-0.3, -0.25) is 0 Å². The highest BCUT2D eigenvalue weighted by atomic mass is 15.2. The van der Waals surface area contributed by atoms with Gasteiger partial charge in [0.1, 0.15) is 0 Å². The quantitative estimate of drug-likeness (QED) is 0.852. The van der Waals surface area contributed by atoms with Gasteiger partial charge >= 0.3 is 0 Å². The molecule has 3 aliphatic heterocycles. The first-order valence-corrected chi connectivity index (χ1v) is 8.99. The molecule has 3 unspecified atom stereocenters. The Kier molecular flexibility index (Phi) is 5.36. The van der Waals surface area contributed by atoms with Crippen molar-refractivity contribution >= 4 is 0 Å². The Morgan fingerprint density at radius 1 is 1.00 bits per heavy atom. The second-order valence-electron chi connectivity index (χ2n) is 7.32. The summed E-state index contributed by atoms with van der Waals surface area (Å²) in [6.07, 6.45) is 11.4. The van der Waals surface area contributed by atoms with E-state index < -0.39 is 0 Å². The molecule has 3 rings (SSSR count). The predicted molar refractivity (Wildman–Crippen MR) is 85.1 cm³/mol. The molecule has 0 radical (unpaired) electrons. The van der Waals surface area contributed by atoms with Crippen LogP contribution in [-0.4, -0.2) is 61.7 Å². The first-order chi connectivity index (χ1) is 9.83. The minimum atomic E-state index is 0.829. The molecule has 116 valence electrons. The van der Waals surface area contributed by atoms with Crippen LogP contribution in [0.25, 0.3) is 0 Å². The molecule has 3 nitrogen and oxygen atoms in total. The molecule has 0 bridgehead atoms. The van der Waals surface area contributed by atoms with Gasteiger partial charge in [0.25, 0.3) is 0 Å². The van der Waals surface area contributed by atoms with Gasteiger partial charge in [-0.1, -0.05) is 6.42 Å². The molecule has 3 aliphatic rings. The number of nitrogens with zero attached hydrogens (tertiary/aromatic N) is 2. The summed E-state index contributed by atoms with van der Waals surface area (Å²) in [4.78, 5) is 5.36. The SMILES string of the molecule is CN1CCCCC1CCN1CCCC(C2CCCN2)C1. The average Bonchev–Trinajstić information content (AvgIpc) is 3.01. The molecule has 3 saturated heterocycles. The van der Waals surface area contributed by atoms with Crippen molar-refractivity contribution in [3.63, 3.8) is 0 Å². The fraction of sp³-hybridized carbons (Fsp3) is 1.00. The number of likely N-dealkylation sites (tertiary alicyclic amines) is 2. The van der Waals surface area contributed by atoms with Crippen molar-refractivity contribution in [2.45, 2.75) is 63.5 Å². The molecule has 3 fully saturated rings. The standard InChI is InChI=1S/C17H33N3/c1-19-11-3-2-7-16(19)9-13-20-12-5-6-15(14-20)17-8-4-10-18-17/h15-18H,2-14H2,1H3. The Morgan fingerprint density at radius 3 is 2.75 bits per heavy atom. The van der Waals surface area contributed by atoms with Gasteiger partial charge in [0.05, 0.1) is 0 Å². The van der Waals surface area contributed by atoms with Gasteiger partial charge in [-0.2, -0.15) is 0 Å². The van der Waals surface area contributed by atoms with E-state index in [1.165, 1.54) is 84.1 Å². The lowest BCUT2D eigenvalue weighted by Crippen LogP contribution is -2.45. The van der Waals surface area contributed by atoms with Gasteiger partial charge in [-0.25, -0.2) is 0 Å². The summed E-state index contributed by atoms with van der Waals surface area (Å²) in [5.41, 5.74) is 0. The van der Waals surface area contributed by atoms with Crippen LogP contribution in [0.15, 0.2) is 0 Å². The lowest BCUT2D eigenvalue weighted by atomic mass is 9.89. The van der Waals surface area contributed by atoms with Crippen LogP contribution in [0.1, 0.15) is 51.4 Å². The molecule has 3 heterocycles. The topological polar surface area (TPSA) is 18.5 Å². The van der Waals surface area contributed by atoms with Crippen molar-refractivity contribution in [2.75, 3.05) is 39.8 Å². The number of hydrogen-bond acceptors (Lipinski definition) is 3. The number of nitrogens with one attached hydrogen (secondary N) is 1. The van der Waals surface area contributed by atoms with Gasteiger partial charge in [-0.05, 0) is 84.1 Å². The zero-order chi connectivity index (χ0) is 13.8. The van der Waals surface area contributed by atoms with E-state index in [9.17, 15) is 0 Å². The smallest absolute Gasteiger partial charge is 0.0108 e. The van der Waals surface area contributed by atoms with E-state index in [4.69, 9.17) is 0 Å². The van der Waals surface area contributed by atoms with Gasteiger partial charge in [0.2, 0.25) is 0 Å². The summed E-state index contributed by atoms with van der Waals surface area (Å²) in [5, 5.41) is 3.72. The lowest BCUT2D eigenvalue weighted by Gasteiger charge is -2.38. The van der Waals surface area contributed by atoms with E-state index in [0.717, 1.165) is 18.0 Å². The monoisotopic (exact) mass is 279 g/mol. The normalized spacial score (nSPS) is 37.4. The van der Waals surface area contributed by atoms with Crippen LogP contribution in [-0.2, 0) is 0 Å². The Morgan fingerprint density at radius 2 is 1.95 bits per heavy atom. The van der Waals surface area contributed by atoms with Gasteiger partial charge in [-0.15, -0.1) is 0 Å². The summed E-state index contributed by atoms with van der Waals surface area (Å²) in [6.45, 7) is 6.61. The number of rotatable bonds is 4. The third-order valence-electron chi connectivity index (χ3n) is 5.91. The van der Waals surface area contributed by atoms with Crippen LogP contribution >= 0.6 is 0 Å². The van der Waals surface area contributed by atoms with Crippen LogP contribution < -0.4 is 5.32 Å². The van der Waals surface area contributed by atoms with Crippen LogP contribution in [0, 0.1) is 5.92 Å². The summed E-state index contributed by atoms with van der Waals surface area (Å²) in [6, 6.07) is 1.68. The highest BCUT2D eigenvalue weighted by Gasteiger charge is 2.29. The van der Waals surface area contributed by atoms with Crippen molar-refractivity contribution < 1.29 is 0 Å². The molecule has 3 heteroatoms. The summed E-state index contributed by atoms with van der Waals surface area (Å²) in [7, 11) is 2.32. The van der Waals surface area contributed by atoms with E-state index in [1.807, 2.05) is 0 Å². The Bertz CT molecular complexity index is 288. The van der Waals surface area contributed by atoms with Gasteiger partial charge in [0.15, 0.2) is 0 Å². The van der Waals surface area contributed by atoms with Crippen molar-refractivity contribution in [3.05, 3.63) is 0 Å². The second kappa shape index (κ2) is 7.24. The Hall–Kier alpha value is -0.120. The minimum absolute atomic E-state index is 0.829. The van der Waals surface area contributed by atoms with E-state index in [-0.39, 0.29) is 0 Å². The fourth-order valence-electron chi connectivity index (χ4n) is 4.58. The molecule has 0 spiro atoms. The van der Waals surface area contributed by atoms with Crippen molar-refractivity contribution in [1.82, 2.24) is 15.1 Å². The molecule has 3 atom stereocenters.